The standard InChI is InChI=1S/C7H13NO4/c1-4-11-6-8-7(9-2,10-3)5-12-6/h4-5H2,1-3H3. The van der Waals surface area contributed by atoms with E-state index in [2.05, 4.69) is 4.99 Å². The summed E-state index contributed by atoms with van der Waals surface area (Å²) in [5.41, 5.74) is 0. The van der Waals surface area contributed by atoms with Crippen molar-refractivity contribution in [2.45, 2.75) is 12.8 Å². The Labute approximate surface area is 71.3 Å². The number of rotatable bonds is 3. The molecule has 0 saturated heterocycles. The van der Waals surface area contributed by atoms with Crippen LogP contribution in [0.15, 0.2) is 4.99 Å². The number of ether oxygens (including phenoxy) is 4. The first-order valence-electron chi connectivity index (χ1n) is 3.72. The molecule has 5 heteroatoms. The van der Waals surface area contributed by atoms with Crippen molar-refractivity contribution in [2.24, 2.45) is 4.99 Å². The molecule has 1 heterocycles. The van der Waals surface area contributed by atoms with E-state index in [-0.39, 0.29) is 12.7 Å². The molecule has 1 rings (SSSR count). The Morgan fingerprint density at radius 1 is 1.50 bits per heavy atom. The van der Waals surface area contributed by atoms with Gasteiger partial charge in [0.05, 0.1) is 6.61 Å². The van der Waals surface area contributed by atoms with Crippen LogP contribution in [-0.4, -0.2) is 39.4 Å². The molecule has 0 aliphatic carbocycles. The fraction of sp³-hybridized carbons (Fsp3) is 0.857. The van der Waals surface area contributed by atoms with Gasteiger partial charge in [-0.25, -0.2) is 0 Å². The van der Waals surface area contributed by atoms with Gasteiger partial charge in [0, 0.05) is 14.2 Å². The van der Waals surface area contributed by atoms with Crippen LogP contribution < -0.4 is 0 Å². The highest BCUT2D eigenvalue weighted by molar-refractivity contribution is 5.68. The lowest BCUT2D eigenvalue weighted by Gasteiger charge is -2.18. The quantitative estimate of drug-likeness (QED) is 0.581. The van der Waals surface area contributed by atoms with Gasteiger partial charge in [0.1, 0.15) is 0 Å². The average molecular weight is 175 g/mol. The fourth-order valence-electron chi connectivity index (χ4n) is 0.846. The summed E-state index contributed by atoms with van der Waals surface area (Å²) in [7, 11) is 3.01. The summed E-state index contributed by atoms with van der Waals surface area (Å²) in [5.74, 6) is -1.01. The minimum Gasteiger partial charge on any atom is -0.451 e. The Balaban J connectivity index is 2.59. The molecule has 1 aliphatic rings. The molecule has 0 aromatic heterocycles. The molecular formula is C7H13NO4. The number of hydrogen-bond donors (Lipinski definition) is 0. The van der Waals surface area contributed by atoms with Crippen LogP contribution in [0.5, 0.6) is 0 Å². The van der Waals surface area contributed by atoms with Gasteiger partial charge in [0.15, 0.2) is 6.61 Å². The van der Waals surface area contributed by atoms with Crippen molar-refractivity contribution >= 4 is 6.08 Å². The Kier molecular flexibility index (Phi) is 2.88. The van der Waals surface area contributed by atoms with Crippen LogP contribution in [0.1, 0.15) is 6.92 Å². The third kappa shape index (κ3) is 1.67. The van der Waals surface area contributed by atoms with E-state index < -0.39 is 5.91 Å². The van der Waals surface area contributed by atoms with Crippen molar-refractivity contribution in [3.05, 3.63) is 0 Å². The van der Waals surface area contributed by atoms with Gasteiger partial charge in [-0.3, -0.25) is 0 Å². The maximum atomic E-state index is 5.07. The van der Waals surface area contributed by atoms with E-state index in [0.717, 1.165) is 0 Å². The summed E-state index contributed by atoms with van der Waals surface area (Å²) in [4.78, 5) is 3.97. The summed E-state index contributed by atoms with van der Waals surface area (Å²) in [6.07, 6.45) is 0.223. The van der Waals surface area contributed by atoms with Crippen molar-refractivity contribution in [1.29, 1.82) is 0 Å². The van der Waals surface area contributed by atoms with Crippen LogP contribution in [-0.2, 0) is 18.9 Å². The van der Waals surface area contributed by atoms with E-state index in [1.807, 2.05) is 6.92 Å². The Hall–Kier alpha value is -0.810. The number of aliphatic imine (C=N–C) groups is 1. The van der Waals surface area contributed by atoms with E-state index in [1.54, 1.807) is 0 Å². The minimum atomic E-state index is -1.01. The molecule has 0 aromatic carbocycles. The van der Waals surface area contributed by atoms with Gasteiger partial charge >= 0.3 is 12.0 Å². The topological polar surface area (TPSA) is 49.3 Å². The summed E-state index contributed by atoms with van der Waals surface area (Å²) in [5, 5.41) is 0. The highest BCUT2D eigenvalue weighted by atomic mass is 16.8. The molecule has 0 bridgehead atoms. The van der Waals surface area contributed by atoms with Crippen LogP contribution in [0.25, 0.3) is 0 Å². The summed E-state index contributed by atoms with van der Waals surface area (Å²) < 4.78 is 20.1. The molecule has 0 amide bonds. The summed E-state index contributed by atoms with van der Waals surface area (Å²) >= 11 is 0. The highest BCUT2D eigenvalue weighted by Crippen LogP contribution is 2.20. The lowest BCUT2D eigenvalue weighted by Crippen LogP contribution is -2.32. The van der Waals surface area contributed by atoms with E-state index in [0.29, 0.717) is 6.61 Å². The minimum absolute atomic E-state index is 0.223. The van der Waals surface area contributed by atoms with Gasteiger partial charge in [0.2, 0.25) is 0 Å². The molecule has 1 aliphatic heterocycles. The maximum Gasteiger partial charge on any atom is 0.388 e. The molecule has 0 unspecified atom stereocenters. The third-order valence-electron chi connectivity index (χ3n) is 1.55. The molecule has 0 N–H and O–H groups in total. The van der Waals surface area contributed by atoms with Crippen molar-refractivity contribution in [3.8, 4) is 0 Å². The van der Waals surface area contributed by atoms with Crippen LogP contribution in [0.3, 0.4) is 0 Å². The zero-order valence-corrected chi connectivity index (χ0v) is 7.49. The Morgan fingerprint density at radius 2 is 2.17 bits per heavy atom. The zero-order chi connectivity index (χ0) is 9.03. The molecule has 70 valence electrons. The fourth-order valence-corrected chi connectivity index (χ4v) is 0.846. The van der Waals surface area contributed by atoms with Gasteiger partial charge in [0.25, 0.3) is 0 Å². The third-order valence-corrected chi connectivity index (χ3v) is 1.55. The molecule has 12 heavy (non-hydrogen) atoms. The van der Waals surface area contributed by atoms with Crippen LogP contribution >= 0.6 is 0 Å². The van der Waals surface area contributed by atoms with Gasteiger partial charge < -0.3 is 18.9 Å². The predicted molar refractivity (Wildman–Crippen MR) is 41.8 cm³/mol. The largest absolute Gasteiger partial charge is 0.451 e. The maximum absolute atomic E-state index is 5.07. The summed E-state index contributed by atoms with van der Waals surface area (Å²) in [6, 6.07) is 0. The van der Waals surface area contributed by atoms with Crippen molar-refractivity contribution < 1.29 is 18.9 Å². The van der Waals surface area contributed by atoms with Crippen molar-refractivity contribution in [2.75, 3.05) is 27.4 Å². The molecule has 0 fully saturated rings. The lowest BCUT2D eigenvalue weighted by atomic mass is 10.5. The summed E-state index contributed by atoms with van der Waals surface area (Å²) in [6.45, 7) is 2.60. The predicted octanol–water partition coefficient (Wildman–Crippen LogP) is 0.356. The molecular weight excluding hydrogens is 162 g/mol. The zero-order valence-electron chi connectivity index (χ0n) is 7.49. The van der Waals surface area contributed by atoms with E-state index in [4.69, 9.17) is 18.9 Å². The van der Waals surface area contributed by atoms with Gasteiger partial charge in [-0.1, -0.05) is 0 Å². The second kappa shape index (κ2) is 3.73. The Morgan fingerprint density at radius 3 is 2.58 bits per heavy atom. The second-order valence-electron chi connectivity index (χ2n) is 2.22. The molecule has 0 spiro atoms. The first-order chi connectivity index (χ1) is 5.76. The van der Waals surface area contributed by atoms with E-state index in [9.17, 15) is 0 Å². The molecule has 5 nitrogen and oxygen atoms in total. The van der Waals surface area contributed by atoms with Crippen molar-refractivity contribution in [1.82, 2.24) is 0 Å². The number of nitrogens with zero attached hydrogens (tertiary/aromatic N) is 1. The first-order valence-corrected chi connectivity index (χ1v) is 3.72. The smallest absolute Gasteiger partial charge is 0.388 e. The highest BCUT2D eigenvalue weighted by Gasteiger charge is 2.38. The Bertz CT molecular complexity index is 176. The van der Waals surface area contributed by atoms with Crippen LogP contribution in [0, 0.1) is 0 Å². The molecule has 0 aromatic rings. The van der Waals surface area contributed by atoms with Crippen LogP contribution in [0.4, 0.5) is 0 Å². The monoisotopic (exact) mass is 175 g/mol. The van der Waals surface area contributed by atoms with Crippen molar-refractivity contribution in [3.63, 3.8) is 0 Å². The SMILES string of the molecule is CCOC1=NC(OC)(OC)CO1. The number of methoxy groups -OCH3 is 2. The van der Waals surface area contributed by atoms with E-state index in [1.165, 1.54) is 14.2 Å². The number of hydrogen-bond acceptors (Lipinski definition) is 5. The van der Waals surface area contributed by atoms with Gasteiger partial charge in [-0.15, -0.1) is 0 Å². The van der Waals surface area contributed by atoms with Crippen LogP contribution in [0.2, 0.25) is 0 Å². The van der Waals surface area contributed by atoms with Gasteiger partial charge in [-0.05, 0) is 6.92 Å². The average Bonchev–Trinajstić information content (AvgIpc) is 2.50. The normalized spacial score (nSPS) is 20.1. The van der Waals surface area contributed by atoms with Gasteiger partial charge in [-0.2, -0.15) is 4.99 Å². The molecule has 0 radical (unpaired) electrons. The molecule has 0 atom stereocenters. The second-order valence-corrected chi connectivity index (χ2v) is 2.22. The lowest BCUT2D eigenvalue weighted by molar-refractivity contribution is -0.205. The molecule has 0 saturated carbocycles. The van der Waals surface area contributed by atoms with E-state index >= 15 is 0 Å². The first kappa shape index (κ1) is 9.28.